The van der Waals surface area contributed by atoms with Crippen molar-refractivity contribution in [3.05, 3.63) is 29.3 Å². The van der Waals surface area contributed by atoms with Crippen LogP contribution in [0.1, 0.15) is 41.6 Å². The molecule has 1 aromatic rings. The van der Waals surface area contributed by atoms with Crippen molar-refractivity contribution in [2.24, 2.45) is 0 Å². The lowest BCUT2D eigenvalue weighted by molar-refractivity contribution is 0.0952. The van der Waals surface area contributed by atoms with Gasteiger partial charge in [0.05, 0.1) is 0 Å². The van der Waals surface area contributed by atoms with E-state index in [4.69, 9.17) is 5.11 Å². The summed E-state index contributed by atoms with van der Waals surface area (Å²) in [6, 6.07) is 4.82. The van der Waals surface area contributed by atoms with E-state index in [9.17, 15) is 9.90 Å². The molecule has 0 aromatic heterocycles. The summed E-state index contributed by atoms with van der Waals surface area (Å²) in [5, 5.41) is 20.8. The molecule has 0 aliphatic carbocycles. The Labute approximate surface area is 108 Å². The van der Waals surface area contributed by atoms with E-state index in [0.717, 1.165) is 25.7 Å². The Bertz CT molecular complexity index is 391. The first-order chi connectivity index (χ1) is 8.65. The zero-order chi connectivity index (χ0) is 13.4. The van der Waals surface area contributed by atoms with Crippen molar-refractivity contribution in [1.29, 1.82) is 0 Å². The number of phenols is 1. The lowest BCUT2D eigenvalue weighted by Gasteiger charge is -2.06. The van der Waals surface area contributed by atoms with Crippen molar-refractivity contribution in [1.82, 2.24) is 5.32 Å². The predicted molar refractivity (Wildman–Crippen MR) is 70.7 cm³/mol. The number of carbonyl (C=O) groups is 1. The molecule has 1 rings (SSSR count). The first-order valence-electron chi connectivity index (χ1n) is 6.34. The number of aryl methyl sites for hydroxylation is 1. The van der Waals surface area contributed by atoms with Gasteiger partial charge in [0.25, 0.3) is 5.91 Å². The second kappa shape index (κ2) is 7.71. The monoisotopic (exact) mass is 251 g/mol. The Kier molecular flexibility index (Phi) is 6.22. The number of amides is 1. The van der Waals surface area contributed by atoms with Crippen LogP contribution in [0.4, 0.5) is 0 Å². The lowest BCUT2D eigenvalue weighted by atomic mass is 10.1. The normalized spacial score (nSPS) is 10.3. The first-order valence-corrected chi connectivity index (χ1v) is 6.34. The first kappa shape index (κ1) is 14.5. The summed E-state index contributed by atoms with van der Waals surface area (Å²) in [7, 11) is 0. The van der Waals surface area contributed by atoms with Gasteiger partial charge >= 0.3 is 0 Å². The van der Waals surface area contributed by atoms with Gasteiger partial charge in [-0.15, -0.1) is 0 Å². The molecule has 100 valence electrons. The maximum Gasteiger partial charge on any atom is 0.251 e. The fourth-order valence-electron chi connectivity index (χ4n) is 1.69. The standard InChI is InChI=1S/C14H21NO3/c1-11-10-12(6-7-13(11)17)14(18)15-8-4-2-3-5-9-16/h6-7,10,16-17H,2-5,8-9H2,1H3,(H,15,18). The highest BCUT2D eigenvalue weighted by molar-refractivity contribution is 5.94. The van der Waals surface area contributed by atoms with Gasteiger partial charge in [0.15, 0.2) is 0 Å². The smallest absolute Gasteiger partial charge is 0.251 e. The molecule has 3 N–H and O–H groups in total. The molecule has 0 aliphatic rings. The Morgan fingerprint density at radius 1 is 1.22 bits per heavy atom. The Hall–Kier alpha value is -1.55. The summed E-state index contributed by atoms with van der Waals surface area (Å²) >= 11 is 0. The summed E-state index contributed by atoms with van der Waals surface area (Å²) in [5.41, 5.74) is 1.27. The third-order valence-corrected chi connectivity index (χ3v) is 2.83. The predicted octanol–water partition coefficient (Wildman–Crippen LogP) is 1.98. The maximum atomic E-state index is 11.8. The molecular formula is C14H21NO3. The minimum absolute atomic E-state index is 0.111. The van der Waals surface area contributed by atoms with Crippen LogP contribution in [0.25, 0.3) is 0 Å². The number of hydrogen-bond acceptors (Lipinski definition) is 3. The van der Waals surface area contributed by atoms with Crippen molar-refractivity contribution in [3.8, 4) is 5.75 Å². The SMILES string of the molecule is Cc1cc(C(=O)NCCCCCCO)ccc1O. The fraction of sp³-hybridized carbons (Fsp3) is 0.500. The van der Waals surface area contributed by atoms with Crippen LogP contribution in [0, 0.1) is 6.92 Å². The van der Waals surface area contributed by atoms with Gasteiger partial charge in [0, 0.05) is 18.7 Å². The maximum absolute atomic E-state index is 11.8. The highest BCUT2D eigenvalue weighted by atomic mass is 16.3. The number of nitrogens with one attached hydrogen (secondary N) is 1. The van der Waals surface area contributed by atoms with Gasteiger partial charge in [-0.1, -0.05) is 12.8 Å². The van der Waals surface area contributed by atoms with E-state index in [1.165, 1.54) is 6.07 Å². The van der Waals surface area contributed by atoms with Crippen LogP contribution in [0.2, 0.25) is 0 Å². The molecule has 0 fully saturated rings. The van der Waals surface area contributed by atoms with Crippen LogP contribution in [0.5, 0.6) is 5.75 Å². The van der Waals surface area contributed by atoms with Gasteiger partial charge in [0.1, 0.15) is 5.75 Å². The second-order valence-electron chi connectivity index (χ2n) is 4.39. The molecule has 0 aliphatic heterocycles. The van der Waals surface area contributed by atoms with Crippen molar-refractivity contribution < 1.29 is 15.0 Å². The number of hydrogen-bond donors (Lipinski definition) is 3. The number of phenolic OH excluding ortho intramolecular Hbond substituents is 1. The molecule has 1 amide bonds. The molecule has 0 atom stereocenters. The minimum Gasteiger partial charge on any atom is -0.508 e. The van der Waals surface area contributed by atoms with Crippen LogP contribution in [0.15, 0.2) is 18.2 Å². The van der Waals surface area contributed by atoms with Crippen molar-refractivity contribution in [2.75, 3.05) is 13.2 Å². The van der Waals surface area contributed by atoms with Gasteiger partial charge < -0.3 is 15.5 Å². The minimum atomic E-state index is -0.111. The van der Waals surface area contributed by atoms with Gasteiger partial charge in [-0.25, -0.2) is 0 Å². The molecule has 0 radical (unpaired) electrons. The van der Waals surface area contributed by atoms with E-state index in [1.54, 1.807) is 19.1 Å². The average Bonchev–Trinajstić information content (AvgIpc) is 2.36. The molecule has 0 heterocycles. The summed E-state index contributed by atoms with van der Waals surface area (Å²) in [6.45, 7) is 2.64. The number of rotatable bonds is 7. The number of aromatic hydroxyl groups is 1. The number of unbranched alkanes of at least 4 members (excludes halogenated alkanes) is 3. The van der Waals surface area contributed by atoms with Crippen molar-refractivity contribution in [3.63, 3.8) is 0 Å². The average molecular weight is 251 g/mol. The van der Waals surface area contributed by atoms with Gasteiger partial charge in [-0.2, -0.15) is 0 Å². The van der Waals surface area contributed by atoms with Gasteiger partial charge in [0.2, 0.25) is 0 Å². The van der Waals surface area contributed by atoms with Crippen LogP contribution in [-0.4, -0.2) is 29.3 Å². The number of benzene rings is 1. The lowest BCUT2D eigenvalue weighted by Crippen LogP contribution is -2.24. The van der Waals surface area contributed by atoms with E-state index >= 15 is 0 Å². The van der Waals surface area contributed by atoms with Crippen molar-refractivity contribution in [2.45, 2.75) is 32.6 Å². The molecule has 18 heavy (non-hydrogen) atoms. The van der Waals surface area contributed by atoms with E-state index in [2.05, 4.69) is 5.32 Å². The highest BCUT2D eigenvalue weighted by Crippen LogP contribution is 2.16. The molecule has 0 saturated carbocycles. The summed E-state index contributed by atoms with van der Waals surface area (Å²) in [6.07, 6.45) is 3.74. The Balaban J connectivity index is 2.30. The molecular weight excluding hydrogens is 230 g/mol. The van der Waals surface area contributed by atoms with Crippen molar-refractivity contribution >= 4 is 5.91 Å². The Morgan fingerprint density at radius 2 is 1.94 bits per heavy atom. The van der Waals surface area contributed by atoms with Crippen LogP contribution >= 0.6 is 0 Å². The largest absolute Gasteiger partial charge is 0.508 e. The number of carbonyl (C=O) groups excluding carboxylic acids is 1. The third kappa shape index (κ3) is 4.75. The highest BCUT2D eigenvalue weighted by Gasteiger charge is 2.06. The van der Waals surface area contributed by atoms with Crippen LogP contribution in [0.3, 0.4) is 0 Å². The van der Waals surface area contributed by atoms with E-state index in [-0.39, 0.29) is 18.3 Å². The topological polar surface area (TPSA) is 69.6 Å². The van der Waals surface area contributed by atoms with E-state index in [0.29, 0.717) is 17.7 Å². The molecule has 0 saturated heterocycles. The number of aliphatic hydroxyl groups is 1. The Morgan fingerprint density at radius 3 is 2.61 bits per heavy atom. The zero-order valence-electron chi connectivity index (χ0n) is 10.8. The third-order valence-electron chi connectivity index (χ3n) is 2.83. The molecule has 1 aromatic carbocycles. The quantitative estimate of drug-likeness (QED) is 0.649. The number of aliphatic hydroxyl groups excluding tert-OH is 1. The second-order valence-corrected chi connectivity index (χ2v) is 4.39. The molecule has 0 spiro atoms. The fourth-order valence-corrected chi connectivity index (χ4v) is 1.69. The van der Waals surface area contributed by atoms with E-state index < -0.39 is 0 Å². The van der Waals surface area contributed by atoms with Gasteiger partial charge in [-0.05, 0) is 43.5 Å². The molecule has 4 heteroatoms. The molecule has 0 unspecified atom stereocenters. The van der Waals surface area contributed by atoms with Gasteiger partial charge in [-0.3, -0.25) is 4.79 Å². The molecule has 4 nitrogen and oxygen atoms in total. The van der Waals surface area contributed by atoms with E-state index in [1.807, 2.05) is 0 Å². The van der Waals surface area contributed by atoms with Crippen LogP contribution < -0.4 is 5.32 Å². The van der Waals surface area contributed by atoms with Crippen LogP contribution in [-0.2, 0) is 0 Å². The summed E-state index contributed by atoms with van der Waals surface area (Å²) in [4.78, 5) is 11.8. The summed E-state index contributed by atoms with van der Waals surface area (Å²) in [5.74, 6) is 0.0933. The summed E-state index contributed by atoms with van der Waals surface area (Å²) < 4.78 is 0. The zero-order valence-corrected chi connectivity index (χ0v) is 10.8. The molecule has 0 bridgehead atoms.